The van der Waals surface area contributed by atoms with Crippen molar-refractivity contribution in [2.24, 2.45) is 5.92 Å². The van der Waals surface area contributed by atoms with E-state index in [9.17, 15) is 0 Å². The van der Waals surface area contributed by atoms with Gasteiger partial charge in [0.1, 0.15) is 0 Å². The molecule has 0 saturated carbocycles. The number of rotatable bonds is 11. The van der Waals surface area contributed by atoms with Crippen LogP contribution in [0.5, 0.6) is 0 Å². The van der Waals surface area contributed by atoms with Crippen molar-refractivity contribution in [3.63, 3.8) is 0 Å². The van der Waals surface area contributed by atoms with Crippen molar-refractivity contribution in [1.29, 1.82) is 0 Å². The van der Waals surface area contributed by atoms with Crippen molar-refractivity contribution < 1.29 is 0 Å². The summed E-state index contributed by atoms with van der Waals surface area (Å²) in [5, 5.41) is 7.34. The number of allylic oxidation sites excluding steroid dienone is 4. The van der Waals surface area contributed by atoms with E-state index < -0.39 is 5.41 Å². The number of hydrogen-bond donors (Lipinski definition) is 0. The fraction of sp³-hybridized carbons (Fsp3) is 0.0357. The molecular weight excluding hydrogens is 1390 g/mol. The van der Waals surface area contributed by atoms with E-state index in [1.54, 1.807) is 0 Å². The number of anilines is 6. The second-order valence-corrected chi connectivity index (χ2v) is 31.6. The maximum atomic E-state index is 2.52. The molecule has 115 heavy (non-hydrogen) atoms. The molecule has 0 aliphatic heterocycles. The van der Waals surface area contributed by atoms with Gasteiger partial charge < -0.3 is 14.4 Å². The minimum absolute atomic E-state index is 0.238. The molecule has 0 N–H and O–H groups in total. The number of benzene rings is 18. The van der Waals surface area contributed by atoms with Crippen molar-refractivity contribution in [2.75, 3.05) is 9.80 Å². The van der Waals surface area contributed by atoms with Gasteiger partial charge in [0.05, 0.1) is 21.9 Å². The molecule has 3 heteroatoms. The van der Waals surface area contributed by atoms with Gasteiger partial charge in [-0.2, -0.15) is 0 Å². The van der Waals surface area contributed by atoms with E-state index in [0.717, 1.165) is 73.1 Å². The number of hydrogen-bond acceptors (Lipinski definition) is 2. The predicted molar refractivity (Wildman–Crippen MR) is 479 cm³/mol. The first kappa shape index (κ1) is 65.1. The Kier molecular flexibility index (Phi) is 14.4. The molecule has 0 saturated heterocycles. The van der Waals surface area contributed by atoms with Crippen LogP contribution in [0.1, 0.15) is 50.4 Å². The second kappa shape index (κ2) is 25.4. The van der Waals surface area contributed by atoms with Crippen LogP contribution in [0.15, 0.2) is 431 Å². The maximum Gasteiger partial charge on any atom is 0.0726 e. The molecular formula is C112H73N3. The van der Waals surface area contributed by atoms with E-state index in [1.165, 1.54) is 132 Å². The minimum Gasteiger partial charge on any atom is -0.310 e. The monoisotopic (exact) mass is 1460 g/mol. The summed E-state index contributed by atoms with van der Waals surface area (Å²) in [5.41, 5.74) is 37.4. The first-order chi connectivity index (χ1) is 57.1. The number of nitrogens with zero attached hydrogens (tertiary/aromatic N) is 3. The molecule has 2 spiro atoms. The van der Waals surface area contributed by atoms with Gasteiger partial charge in [-0.25, -0.2) is 0 Å². The summed E-state index contributed by atoms with van der Waals surface area (Å²) in [6.45, 7) is 0. The zero-order chi connectivity index (χ0) is 75.5. The summed E-state index contributed by atoms with van der Waals surface area (Å²) in [6.07, 6.45) is 9.43. The molecule has 3 nitrogen and oxygen atoms in total. The fourth-order valence-corrected chi connectivity index (χ4v) is 21.4. The maximum absolute atomic E-state index is 2.52. The molecule has 0 amide bonds. The molecule has 3 unspecified atom stereocenters. The second-order valence-electron chi connectivity index (χ2n) is 31.6. The van der Waals surface area contributed by atoms with E-state index in [2.05, 4.69) is 445 Å². The first-order valence-electron chi connectivity index (χ1n) is 40.3. The SMILES string of the molecule is C1=CC2c3ccccc3C3(c4ccccc4-c4ccc(N(c5ccccc5)c5ccc(-c6ccc7c(c6)c6cc(-c8ccc(N(c9ccccc9)c9ccc%10c(c9)C9(c%11ccccc%11-c%11ccccc%119)c9ccccc9-%10)cc8)ccc6n7-c6ccc(-c7c8ccccc8c(-c8ccccc8)c8ccccc78)cc6)cc5)cc43)C2C=C1. The average Bonchev–Trinajstić information content (AvgIpc) is 1.52. The van der Waals surface area contributed by atoms with Gasteiger partial charge >= 0.3 is 0 Å². The van der Waals surface area contributed by atoms with Crippen LogP contribution >= 0.6 is 0 Å². The van der Waals surface area contributed by atoms with Gasteiger partial charge in [0.2, 0.25) is 0 Å². The smallest absolute Gasteiger partial charge is 0.0726 e. The van der Waals surface area contributed by atoms with Gasteiger partial charge in [-0.3, -0.25) is 0 Å². The van der Waals surface area contributed by atoms with Crippen LogP contribution in [0.2, 0.25) is 0 Å². The third-order valence-electron chi connectivity index (χ3n) is 26.1. The van der Waals surface area contributed by atoms with Crippen LogP contribution in [0.3, 0.4) is 0 Å². The van der Waals surface area contributed by atoms with Gasteiger partial charge in [0.15, 0.2) is 0 Å². The van der Waals surface area contributed by atoms with Gasteiger partial charge in [0, 0.05) is 62.4 Å². The van der Waals surface area contributed by atoms with Crippen LogP contribution in [0.4, 0.5) is 34.1 Å². The molecule has 5 aliphatic rings. The molecule has 3 atom stereocenters. The lowest BCUT2D eigenvalue weighted by Crippen LogP contribution is -2.33. The molecule has 0 bridgehead atoms. The lowest BCUT2D eigenvalue weighted by Gasteiger charge is -2.36. The molecule has 536 valence electrons. The van der Waals surface area contributed by atoms with Crippen molar-refractivity contribution in [3.05, 3.63) is 475 Å². The molecule has 1 heterocycles. The highest BCUT2D eigenvalue weighted by molar-refractivity contribution is 6.21. The summed E-state index contributed by atoms with van der Waals surface area (Å²) >= 11 is 0. The molecule has 0 fully saturated rings. The van der Waals surface area contributed by atoms with Crippen molar-refractivity contribution in [3.8, 4) is 83.6 Å². The molecule has 24 rings (SSSR count). The van der Waals surface area contributed by atoms with E-state index in [4.69, 9.17) is 0 Å². The summed E-state index contributed by atoms with van der Waals surface area (Å²) in [4.78, 5) is 4.89. The van der Waals surface area contributed by atoms with Crippen LogP contribution in [0, 0.1) is 5.92 Å². The van der Waals surface area contributed by atoms with Crippen molar-refractivity contribution in [2.45, 2.75) is 16.7 Å². The van der Waals surface area contributed by atoms with Crippen molar-refractivity contribution >= 4 is 77.5 Å². The number of para-hydroxylation sites is 2. The Morgan fingerprint density at radius 3 is 1.09 bits per heavy atom. The molecule has 18 aromatic carbocycles. The summed E-state index contributed by atoms with van der Waals surface area (Å²) in [5.74, 6) is 0.522. The lowest BCUT2D eigenvalue weighted by atomic mass is 9.65. The third-order valence-corrected chi connectivity index (χ3v) is 26.1. The third kappa shape index (κ3) is 9.47. The Labute approximate surface area is 668 Å². The van der Waals surface area contributed by atoms with E-state index in [-0.39, 0.29) is 17.3 Å². The van der Waals surface area contributed by atoms with Crippen LogP contribution < -0.4 is 9.80 Å². The van der Waals surface area contributed by atoms with E-state index in [1.807, 2.05) is 0 Å². The topological polar surface area (TPSA) is 11.4 Å². The zero-order valence-electron chi connectivity index (χ0n) is 63.0. The standard InChI is InChI=1S/C112H73N3/c1-4-26-74(27-5-1)109-93-38-10-12-40-95(93)110(96-41-13-11-39-94(96)109)75-52-60-82(61-53-75)115-107-66-54-76(72-48-56-80(57-49-72)113(78-28-6-2-7-29-78)83-62-64-91-89-36-18-24-46-103(89)111(105(91)70-83)99-42-20-14-32-85(99)86-33-15-21-43-100(86)111)68-97(107)98-69-77(55-67-108(98)115)73-50-58-81(59-51-73)114(79-30-8-3-9-31-79)84-63-65-92-90-37-19-25-47-104(90)112(106(92)71-84)101-44-22-16-34-87(101)88-35-17-23-45-102(88)112/h1-71,85,99H. The quantitative estimate of drug-likeness (QED) is 0.120. The van der Waals surface area contributed by atoms with E-state index >= 15 is 0 Å². The highest BCUT2D eigenvalue weighted by atomic mass is 15.1. The van der Waals surface area contributed by atoms with Crippen LogP contribution in [-0.4, -0.2) is 4.57 Å². The average molecular weight is 1460 g/mol. The lowest BCUT2D eigenvalue weighted by molar-refractivity contribution is 0.465. The first-order valence-corrected chi connectivity index (χ1v) is 40.3. The minimum atomic E-state index is -0.467. The Morgan fingerprint density at radius 2 is 0.583 bits per heavy atom. The van der Waals surface area contributed by atoms with E-state index in [0.29, 0.717) is 0 Å². The predicted octanol–water partition coefficient (Wildman–Crippen LogP) is 29.2. The zero-order valence-corrected chi connectivity index (χ0v) is 63.0. The molecule has 1 aromatic heterocycles. The van der Waals surface area contributed by atoms with Gasteiger partial charge in [-0.1, -0.05) is 322 Å². The fourth-order valence-electron chi connectivity index (χ4n) is 21.4. The molecule has 0 radical (unpaired) electrons. The highest BCUT2D eigenvalue weighted by Crippen LogP contribution is 2.67. The number of fused-ring (bicyclic) bond motifs is 25. The Morgan fingerprint density at radius 1 is 0.226 bits per heavy atom. The Hall–Kier alpha value is -14.6. The number of aromatic nitrogens is 1. The normalized spacial score (nSPS) is 15.9. The van der Waals surface area contributed by atoms with Gasteiger partial charge in [-0.05, 0) is 253 Å². The summed E-state index contributed by atoms with van der Waals surface area (Å²) in [6, 6.07) is 153. The van der Waals surface area contributed by atoms with Crippen LogP contribution in [0.25, 0.3) is 127 Å². The van der Waals surface area contributed by atoms with Crippen molar-refractivity contribution in [1.82, 2.24) is 4.57 Å². The Bertz CT molecular complexity index is 7150. The largest absolute Gasteiger partial charge is 0.310 e. The van der Waals surface area contributed by atoms with Gasteiger partial charge in [-0.15, -0.1) is 0 Å². The summed E-state index contributed by atoms with van der Waals surface area (Å²) in [7, 11) is 0. The van der Waals surface area contributed by atoms with Gasteiger partial charge in [0.25, 0.3) is 0 Å². The van der Waals surface area contributed by atoms with Crippen LogP contribution in [-0.2, 0) is 10.8 Å². The molecule has 19 aromatic rings. The Balaban J connectivity index is 0.632. The highest BCUT2D eigenvalue weighted by Gasteiger charge is 2.57. The summed E-state index contributed by atoms with van der Waals surface area (Å²) < 4.78 is 2.48. The molecule has 5 aliphatic carbocycles.